The van der Waals surface area contributed by atoms with Gasteiger partial charge in [0.05, 0.1) is 5.69 Å². The quantitative estimate of drug-likeness (QED) is 0.727. The van der Waals surface area contributed by atoms with Gasteiger partial charge in [0.25, 0.3) is 5.91 Å². The summed E-state index contributed by atoms with van der Waals surface area (Å²) in [6.45, 7) is 1.49. The predicted octanol–water partition coefficient (Wildman–Crippen LogP) is 2.38. The van der Waals surface area contributed by atoms with Crippen molar-refractivity contribution in [1.82, 2.24) is 24.6 Å². The Hall–Kier alpha value is -2.76. The van der Waals surface area contributed by atoms with E-state index in [1.807, 2.05) is 22.7 Å². The van der Waals surface area contributed by atoms with Gasteiger partial charge in [-0.2, -0.15) is 5.10 Å². The van der Waals surface area contributed by atoms with Crippen LogP contribution in [-0.2, 0) is 7.05 Å². The Morgan fingerprint density at radius 1 is 1.21 bits per heavy atom. The molecule has 4 heterocycles. The number of aryl methyl sites for hydroxylation is 1. The number of pyridine rings is 2. The van der Waals surface area contributed by atoms with Crippen molar-refractivity contribution in [1.29, 1.82) is 0 Å². The van der Waals surface area contributed by atoms with Gasteiger partial charge < -0.3 is 4.90 Å². The van der Waals surface area contributed by atoms with Crippen molar-refractivity contribution >= 4 is 16.9 Å². The lowest BCUT2D eigenvalue weighted by atomic mass is 9.93. The van der Waals surface area contributed by atoms with E-state index in [1.165, 1.54) is 0 Å². The maximum atomic E-state index is 12.7. The number of carbonyl (C=O) groups is 1. The number of piperidine rings is 1. The highest BCUT2D eigenvalue weighted by Crippen LogP contribution is 2.31. The second-order valence-corrected chi connectivity index (χ2v) is 6.21. The number of likely N-dealkylation sites (tertiary alicyclic amines) is 1. The predicted molar refractivity (Wildman–Crippen MR) is 90.6 cm³/mol. The summed E-state index contributed by atoms with van der Waals surface area (Å²) in [4.78, 5) is 23.0. The molecule has 0 saturated carbocycles. The molecule has 0 spiro atoms. The largest absolute Gasteiger partial charge is 0.338 e. The molecule has 0 bridgehead atoms. The van der Waals surface area contributed by atoms with Crippen molar-refractivity contribution in [3.05, 3.63) is 54.1 Å². The summed E-state index contributed by atoms with van der Waals surface area (Å²) in [6, 6.07) is 7.54. The van der Waals surface area contributed by atoms with Gasteiger partial charge in [0.1, 0.15) is 0 Å². The summed E-state index contributed by atoms with van der Waals surface area (Å²) >= 11 is 0. The molecule has 0 aromatic carbocycles. The van der Waals surface area contributed by atoms with Crippen LogP contribution >= 0.6 is 0 Å². The minimum atomic E-state index is 0.0699. The van der Waals surface area contributed by atoms with Crippen molar-refractivity contribution < 1.29 is 4.79 Å². The van der Waals surface area contributed by atoms with E-state index in [-0.39, 0.29) is 11.8 Å². The molecule has 1 aliphatic rings. The van der Waals surface area contributed by atoms with Crippen LogP contribution in [0, 0.1) is 0 Å². The molecular formula is C18H19N5O. The van der Waals surface area contributed by atoms with E-state index < -0.39 is 0 Å². The highest BCUT2D eigenvalue weighted by atomic mass is 16.2. The first-order chi connectivity index (χ1) is 11.7. The fraction of sp³-hybridized carbons (Fsp3) is 0.333. The molecule has 6 nitrogen and oxygen atoms in total. The number of hydrogen-bond donors (Lipinski definition) is 0. The SMILES string of the molecule is Cn1nc([C@H]2CCCN(C(=O)c3ccncc3)C2)c2cccnc21. The van der Waals surface area contributed by atoms with Gasteiger partial charge in [-0.3, -0.25) is 14.5 Å². The zero-order chi connectivity index (χ0) is 16.5. The van der Waals surface area contributed by atoms with Crippen LogP contribution in [0.2, 0.25) is 0 Å². The number of carbonyl (C=O) groups excluding carboxylic acids is 1. The molecule has 122 valence electrons. The van der Waals surface area contributed by atoms with Gasteiger partial charge in [0.2, 0.25) is 0 Å². The van der Waals surface area contributed by atoms with Gasteiger partial charge in [-0.05, 0) is 37.1 Å². The van der Waals surface area contributed by atoms with Gasteiger partial charge in [-0.1, -0.05) is 0 Å². The highest BCUT2D eigenvalue weighted by Gasteiger charge is 2.28. The van der Waals surface area contributed by atoms with Gasteiger partial charge >= 0.3 is 0 Å². The molecular weight excluding hydrogens is 302 g/mol. The zero-order valence-corrected chi connectivity index (χ0v) is 13.6. The van der Waals surface area contributed by atoms with Crippen molar-refractivity contribution in [3.8, 4) is 0 Å². The van der Waals surface area contributed by atoms with Gasteiger partial charge in [-0.25, -0.2) is 4.98 Å². The standard InChI is InChI=1S/C18H19N5O/c1-22-17-15(5-2-8-20-17)16(21-22)14-4-3-11-23(12-14)18(24)13-6-9-19-10-7-13/h2,5-10,14H,3-4,11-12H2,1H3/t14-/m0/s1. The number of nitrogens with zero attached hydrogens (tertiary/aromatic N) is 5. The Labute approximate surface area is 140 Å². The molecule has 1 atom stereocenters. The third-order valence-corrected chi connectivity index (χ3v) is 4.65. The van der Waals surface area contributed by atoms with Crippen molar-refractivity contribution in [2.75, 3.05) is 13.1 Å². The smallest absolute Gasteiger partial charge is 0.253 e. The third kappa shape index (κ3) is 2.54. The Balaban J connectivity index is 1.62. The number of amides is 1. The van der Waals surface area contributed by atoms with E-state index >= 15 is 0 Å². The molecule has 0 unspecified atom stereocenters. The number of rotatable bonds is 2. The van der Waals surface area contributed by atoms with Gasteiger partial charge in [0.15, 0.2) is 5.65 Å². The molecule has 0 N–H and O–H groups in total. The molecule has 0 aliphatic carbocycles. The van der Waals surface area contributed by atoms with Gasteiger partial charge in [0, 0.05) is 55.6 Å². The lowest BCUT2D eigenvalue weighted by Crippen LogP contribution is -2.39. The second-order valence-electron chi connectivity index (χ2n) is 6.21. The molecule has 6 heteroatoms. The molecule has 1 saturated heterocycles. The zero-order valence-electron chi connectivity index (χ0n) is 13.6. The van der Waals surface area contributed by atoms with Crippen molar-refractivity contribution in [2.45, 2.75) is 18.8 Å². The summed E-state index contributed by atoms with van der Waals surface area (Å²) in [7, 11) is 1.92. The molecule has 24 heavy (non-hydrogen) atoms. The fourth-order valence-electron chi connectivity index (χ4n) is 3.48. The summed E-state index contributed by atoms with van der Waals surface area (Å²) in [5.74, 6) is 0.317. The van der Waals surface area contributed by atoms with Crippen LogP contribution < -0.4 is 0 Å². The molecule has 1 aliphatic heterocycles. The summed E-state index contributed by atoms with van der Waals surface area (Å²) in [5.41, 5.74) is 2.64. The first kappa shape index (κ1) is 14.8. The minimum absolute atomic E-state index is 0.0699. The van der Waals surface area contributed by atoms with E-state index in [2.05, 4.69) is 21.1 Å². The maximum Gasteiger partial charge on any atom is 0.253 e. The average Bonchev–Trinajstić information content (AvgIpc) is 2.99. The third-order valence-electron chi connectivity index (χ3n) is 4.65. The minimum Gasteiger partial charge on any atom is -0.338 e. The Kier molecular flexibility index (Phi) is 3.72. The normalized spacial score (nSPS) is 18.0. The summed E-state index contributed by atoms with van der Waals surface area (Å²) < 4.78 is 1.83. The molecule has 1 fully saturated rings. The van der Waals surface area contributed by atoms with E-state index in [0.717, 1.165) is 36.1 Å². The summed E-state index contributed by atoms with van der Waals surface area (Å²) in [6.07, 6.45) is 7.13. The van der Waals surface area contributed by atoms with E-state index in [4.69, 9.17) is 0 Å². The monoisotopic (exact) mass is 321 g/mol. The highest BCUT2D eigenvalue weighted by molar-refractivity contribution is 5.94. The van der Waals surface area contributed by atoms with Crippen LogP contribution in [0.5, 0.6) is 0 Å². The van der Waals surface area contributed by atoms with E-state index in [9.17, 15) is 4.79 Å². The van der Waals surface area contributed by atoms with Gasteiger partial charge in [-0.15, -0.1) is 0 Å². The molecule has 3 aromatic rings. The number of hydrogen-bond acceptors (Lipinski definition) is 4. The molecule has 0 radical (unpaired) electrons. The Morgan fingerprint density at radius 2 is 2.04 bits per heavy atom. The first-order valence-electron chi connectivity index (χ1n) is 8.21. The second kappa shape index (κ2) is 6.03. The van der Waals surface area contributed by atoms with Crippen LogP contribution in [0.25, 0.3) is 11.0 Å². The molecule has 3 aromatic heterocycles. The van der Waals surface area contributed by atoms with Crippen LogP contribution in [-0.4, -0.2) is 43.6 Å². The van der Waals surface area contributed by atoms with Crippen molar-refractivity contribution in [2.24, 2.45) is 7.05 Å². The lowest BCUT2D eigenvalue weighted by Gasteiger charge is -2.32. The lowest BCUT2D eigenvalue weighted by molar-refractivity contribution is 0.0706. The summed E-state index contributed by atoms with van der Waals surface area (Å²) in [5, 5.41) is 5.77. The first-order valence-corrected chi connectivity index (χ1v) is 8.21. The van der Waals surface area contributed by atoms with Crippen LogP contribution in [0.3, 0.4) is 0 Å². The van der Waals surface area contributed by atoms with Crippen molar-refractivity contribution in [3.63, 3.8) is 0 Å². The Bertz CT molecular complexity index is 874. The average molecular weight is 321 g/mol. The number of aromatic nitrogens is 4. The van der Waals surface area contributed by atoms with Crippen LogP contribution in [0.4, 0.5) is 0 Å². The van der Waals surface area contributed by atoms with Crippen LogP contribution in [0.1, 0.15) is 34.8 Å². The number of fused-ring (bicyclic) bond motifs is 1. The van der Waals surface area contributed by atoms with E-state index in [1.54, 1.807) is 30.7 Å². The fourth-order valence-corrected chi connectivity index (χ4v) is 3.48. The molecule has 4 rings (SSSR count). The maximum absolute atomic E-state index is 12.7. The van der Waals surface area contributed by atoms with Crippen LogP contribution in [0.15, 0.2) is 42.9 Å². The van der Waals surface area contributed by atoms with E-state index in [0.29, 0.717) is 12.1 Å². The topological polar surface area (TPSA) is 63.9 Å². The molecule has 1 amide bonds. The Morgan fingerprint density at radius 3 is 2.88 bits per heavy atom.